The molecule has 3 fully saturated rings. The Morgan fingerprint density at radius 1 is 1.50 bits per heavy atom. The fourth-order valence-corrected chi connectivity index (χ4v) is 3.91. The van der Waals surface area contributed by atoms with Gasteiger partial charge >= 0.3 is 5.97 Å². The quantitative estimate of drug-likeness (QED) is 0.559. The molecule has 3 rings (SSSR count). The van der Waals surface area contributed by atoms with Crippen LogP contribution in [0, 0.1) is 29.1 Å². The molecular weight excluding hydrogens is 228 g/mol. The van der Waals surface area contributed by atoms with Crippen LogP contribution in [0.25, 0.3) is 0 Å². The van der Waals surface area contributed by atoms with Gasteiger partial charge in [-0.2, -0.15) is 0 Å². The van der Waals surface area contributed by atoms with Crippen molar-refractivity contribution in [1.29, 1.82) is 0 Å². The predicted octanol–water partition coefficient (Wildman–Crippen LogP) is 2.60. The lowest BCUT2D eigenvalue weighted by Crippen LogP contribution is -2.57. The molecule has 0 aliphatic heterocycles. The van der Waals surface area contributed by atoms with Crippen molar-refractivity contribution in [3.8, 4) is 0 Å². The fourth-order valence-electron chi connectivity index (χ4n) is 3.91. The third-order valence-corrected chi connectivity index (χ3v) is 5.33. The maximum Gasteiger partial charge on any atom is 0.309 e. The zero-order valence-electron chi connectivity index (χ0n) is 11.7. The normalized spacial score (nSPS) is 42.8. The van der Waals surface area contributed by atoms with Gasteiger partial charge in [0.25, 0.3) is 0 Å². The van der Waals surface area contributed by atoms with Crippen LogP contribution in [-0.2, 0) is 14.3 Å². The van der Waals surface area contributed by atoms with Crippen LogP contribution in [0.3, 0.4) is 0 Å². The number of methoxy groups -OCH3 is 1. The summed E-state index contributed by atoms with van der Waals surface area (Å²) in [5, 5.41) is 0. The van der Waals surface area contributed by atoms with E-state index in [1.165, 1.54) is 7.11 Å². The van der Waals surface area contributed by atoms with Crippen LogP contribution in [0.15, 0.2) is 12.2 Å². The molecule has 0 heterocycles. The van der Waals surface area contributed by atoms with Crippen LogP contribution < -0.4 is 0 Å². The number of fused-ring (bicyclic) bond motifs is 3. The highest BCUT2D eigenvalue weighted by Crippen LogP contribution is 2.58. The molecule has 100 valence electrons. The second-order valence-corrected chi connectivity index (χ2v) is 6.20. The fraction of sp³-hybridized carbons (Fsp3) is 0.733. The number of hydrogen-bond donors (Lipinski definition) is 0. The zero-order valence-corrected chi connectivity index (χ0v) is 11.7. The summed E-state index contributed by atoms with van der Waals surface area (Å²) in [6, 6.07) is 0. The minimum Gasteiger partial charge on any atom is -0.469 e. The second-order valence-electron chi connectivity index (χ2n) is 6.20. The maximum absolute atomic E-state index is 12.4. The van der Waals surface area contributed by atoms with Gasteiger partial charge in [0, 0.05) is 11.8 Å². The summed E-state index contributed by atoms with van der Waals surface area (Å²) in [5.41, 5.74) is 0.789. The number of esters is 1. The molecule has 0 N–H and O–H groups in total. The molecule has 3 aliphatic rings. The molecule has 3 nitrogen and oxygen atoms in total. The van der Waals surface area contributed by atoms with Crippen molar-refractivity contribution in [3.63, 3.8) is 0 Å². The number of carbonyl (C=O) groups excluding carboxylic acids is 2. The Labute approximate surface area is 109 Å². The lowest BCUT2D eigenvalue weighted by molar-refractivity contribution is -0.169. The molecule has 2 bridgehead atoms. The first kappa shape index (κ1) is 13.3. The van der Waals surface area contributed by atoms with E-state index in [1.54, 1.807) is 0 Å². The molecule has 18 heavy (non-hydrogen) atoms. The molecule has 0 amide bonds. The Morgan fingerprint density at radius 2 is 2.11 bits per heavy atom. The van der Waals surface area contributed by atoms with Gasteiger partial charge in [-0.15, -0.1) is 0 Å². The van der Waals surface area contributed by atoms with Gasteiger partial charge in [0.05, 0.1) is 13.0 Å². The minimum atomic E-state index is -0.275. The molecule has 0 aromatic rings. The lowest BCUT2D eigenvalue weighted by atomic mass is 9.47. The first-order valence-corrected chi connectivity index (χ1v) is 6.60. The van der Waals surface area contributed by atoms with Gasteiger partial charge in [-0.1, -0.05) is 26.0 Å². The number of Topliss-reactive ketones (excluding diaryl/α,β-unsaturated/α-hetero) is 1. The Bertz CT molecular complexity index is 412. The van der Waals surface area contributed by atoms with Gasteiger partial charge in [0.1, 0.15) is 5.78 Å². The summed E-state index contributed by atoms with van der Waals surface area (Å²) in [6.07, 6.45) is 1.50. The monoisotopic (exact) mass is 250 g/mol. The Kier molecular flexibility index (Phi) is 3.12. The van der Waals surface area contributed by atoms with Crippen molar-refractivity contribution in [2.24, 2.45) is 29.1 Å². The van der Waals surface area contributed by atoms with Crippen LogP contribution in [0.1, 0.15) is 33.6 Å². The Balaban J connectivity index is 2.39. The van der Waals surface area contributed by atoms with Gasteiger partial charge in [-0.25, -0.2) is 0 Å². The molecule has 0 aromatic carbocycles. The molecule has 0 saturated heterocycles. The average molecular weight is 250 g/mol. The lowest BCUT2D eigenvalue weighted by Gasteiger charge is -2.55. The number of rotatable bonds is 2. The summed E-state index contributed by atoms with van der Waals surface area (Å²) >= 11 is 0. The Morgan fingerprint density at radius 3 is 2.61 bits per heavy atom. The van der Waals surface area contributed by atoms with Crippen LogP contribution in [-0.4, -0.2) is 18.9 Å². The molecular formula is C15H22O3. The van der Waals surface area contributed by atoms with Gasteiger partial charge in [0.15, 0.2) is 0 Å². The summed E-state index contributed by atoms with van der Waals surface area (Å²) < 4.78 is 4.91. The van der Waals surface area contributed by atoms with E-state index >= 15 is 0 Å². The third-order valence-electron chi connectivity index (χ3n) is 5.33. The molecule has 0 spiro atoms. The zero-order chi connectivity index (χ0) is 13.7. The van der Waals surface area contributed by atoms with E-state index in [-0.39, 0.29) is 35.1 Å². The molecule has 5 atom stereocenters. The van der Waals surface area contributed by atoms with E-state index in [0.717, 1.165) is 12.0 Å². The van der Waals surface area contributed by atoms with Gasteiger partial charge in [-0.05, 0) is 31.1 Å². The number of hydrogen-bond acceptors (Lipinski definition) is 3. The SMILES string of the molecule is C=C(C)[C@@H]1C[C@]2(C)[C@H](C)C(=O)[C@H]1C[C@H]2C(=O)OC. The van der Waals surface area contributed by atoms with E-state index < -0.39 is 0 Å². The van der Waals surface area contributed by atoms with Crippen molar-refractivity contribution in [2.75, 3.05) is 7.11 Å². The molecule has 0 unspecified atom stereocenters. The van der Waals surface area contributed by atoms with Crippen LogP contribution in [0.2, 0.25) is 0 Å². The standard InChI is InChI=1S/C15H22O3/c1-8(2)11-7-15(4)9(3)13(16)10(11)6-12(15)14(17)18-5/h9-12H,1,6-7H2,2-5H3/t9-,10+,11+,12+,15-/m1/s1. The van der Waals surface area contributed by atoms with Crippen molar-refractivity contribution >= 4 is 11.8 Å². The van der Waals surface area contributed by atoms with E-state index in [2.05, 4.69) is 13.5 Å². The van der Waals surface area contributed by atoms with Gasteiger partial charge < -0.3 is 4.74 Å². The second kappa shape index (κ2) is 4.22. The predicted molar refractivity (Wildman–Crippen MR) is 68.8 cm³/mol. The number of ether oxygens (including phenoxy) is 1. The molecule has 3 heteroatoms. The number of carbonyl (C=O) groups is 2. The van der Waals surface area contributed by atoms with E-state index in [4.69, 9.17) is 4.74 Å². The van der Waals surface area contributed by atoms with Crippen molar-refractivity contribution in [3.05, 3.63) is 12.2 Å². The van der Waals surface area contributed by atoms with Crippen LogP contribution in [0.5, 0.6) is 0 Å². The molecule has 3 saturated carbocycles. The first-order valence-electron chi connectivity index (χ1n) is 6.60. The van der Waals surface area contributed by atoms with Crippen molar-refractivity contribution in [1.82, 2.24) is 0 Å². The highest BCUT2D eigenvalue weighted by atomic mass is 16.5. The van der Waals surface area contributed by atoms with Gasteiger partial charge in [0.2, 0.25) is 0 Å². The summed E-state index contributed by atoms with van der Waals surface area (Å²) in [4.78, 5) is 24.3. The smallest absolute Gasteiger partial charge is 0.309 e. The summed E-state index contributed by atoms with van der Waals surface area (Å²) in [7, 11) is 1.43. The highest BCUT2D eigenvalue weighted by molar-refractivity contribution is 5.89. The van der Waals surface area contributed by atoms with E-state index in [0.29, 0.717) is 12.2 Å². The Hall–Kier alpha value is -1.12. The minimum absolute atomic E-state index is 0.0385. The van der Waals surface area contributed by atoms with Crippen LogP contribution in [0.4, 0.5) is 0 Å². The van der Waals surface area contributed by atoms with E-state index in [9.17, 15) is 9.59 Å². The van der Waals surface area contributed by atoms with E-state index in [1.807, 2.05) is 13.8 Å². The molecule has 3 aliphatic carbocycles. The summed E-state index contributed by atoms with van der Waals surface area (Å²) in [6.45, 7) is 10.0. The summed E-state index contributed by atoms with van der Waals surface area (Å²) in [5.74, 6) is 0.133. The highest BCUT2D eigenvalue weighted by Gasteiger charge is 2.59. The van der Waals surface area contributed by atoms with Gasteiger partial charge in [-0.3, -0.25) is 9.59 Å². The van der Waals surface area contributed by atoms with Crippen molar-refractivity contribution in [2.45, 2.75) is 33.6 Å². The molecule has 0 radical (unpaired) electrons. The molecule has 0 aromatic heterocycles. The van der Waals surface area contributed by atoms with Crippen molar-refractivity contribution < 1.29 is 14.3 Å². The third kappa shape index (κ3) is 1.63. The average Bonchev–Trinajstić information content (AvgIpc) is 2.33. The van der Waals surface area contributed by atoms with Crippen LogP contribution >= 0.6 is 0 Å². The first-order chi connectivity index (χ1) is 8.32. The largest absolute Gasteiger partial charge is 0.469 e. The maximum atomic E-state index is 12.4. The number of allylic oxidation sites excluding steroid dienone is 1. The number of ketones is 1. The topological polar surface area (TPSA) is 43.4 Å².